The van der Waals surface area contributed by atoms with Gasteiger partial charge in [0.25, 0.3) is 0 Å². The number of halogens is 1. The van der Waals surface area contributed by atoms with E-state index in [2.05, 4.69) is 4.72 Å². The van der Waals surface area contributed by atoms with Crippen LogP contribution in [0.4, 0.5) is 0 Å². The predicted octanol–water partition coefficient (Wildman–Crippen LogP) is 3.76. The van der Waals surface area contributed by atoms with Crippen molar-refractivity contribution in [2.24, 2.45) is 0 Å². The zero-order chi connectivity index (χ0) is 13.2. The van der Waals surface area contributed by atoms with Gasteiger partial charge in [-0.15, -0.1) is 4.72 Å². The summed E-state index contributed by atoms with van der Waals surface area (Å²) in [7, 11) is 0. The summed E-state index contributed by atoms with van der Waals surface area (Å²) in [5.74, 6) is 0. The first-order chi connectivity index (χ1) is 7.73. The highest BCUT2D eigenvalue weighted by atomic mass is 35.5. The number of nitrogens with one attached hydrogen (secondary N) is 1. The smallest absolute Gasteiger partial charge is 0.136 e. The van der Waals surface area contributed by atoms with E-state index >= 15 is 0 Å². The molecule has 1 N–H and O–H groups in total. The molecule has 0 heterocycles. The molecule has 4 heteroatoms. The molecule has 2 atom stereocenters. The van der Waals surface area contributed by atoms with E-state index in [0.717, 1.165) is 16.1 Å². The minimum absolute atomic E-state index is 0.0220. The zero-order valence-corrected chi connectivity index (χ0v) is 12.6. The average molecular weight is 274 g/mol. The van der Waals surface area contributed by atoms with Crippen molar-refractivity contribution in [3.05, 3.63) is 34.3 Å². The van der Waals surface area contributed by atoms with E-state index in [1.54, 1.807) is 0 Å². The summed E-state index contributed by atoms with van der Waals surface area (Å²) in [5, 5.41) is 0.748. The topological polar surface area (TPSA) is 35.1 Å². The summed E-state index contributed by atoms with van der Waals surface area (Å²) < 4.78 is 14.9. The van der Waals surface area contributed by atoms with Crippen LogP contribution < -0.4 is 4.72 Å². The normalized spacial score (nSPS) is 15.7. The van der Waals surface area contributed by atoms with Crippen molar-refractivity contribution in [1.82, 2.24) is 4.72 Å². The van der Waals surface area contributed by atoms with Crippen LogP contribution >= 0.6 is 11.6 Å². The summed E-state index contributed by atoms with van der Waals surface area (Å²) in [6, 6.07) is 5.82. The second kappa shape index (κ2) is 5.61. The van der Waals surface area contributed by atoms with Crippen LogP contribution in [-0.2, 0) is 11.4 Å². The number of benzene rings is 1. The van der Waals surface area contributed by atoms with Crippen molar-refractivity contribution in [2.75, 3.05) is 0 Å². The Bertz CT molecular complexity index is 389. The Labute approximate surface area is 112 Å². The van der Waals surface area contributed by atoms with Crippen LogP contribution in [0.5, 0.6) is 0 Å². The third kappa shape index (κ3) is 3.88. The fraction of sp³-hybridized carbons (Fsp3) is 0.538. The van der Waals surface area contributed by atoms with Crippen LogP contribution in [0.1, 0.15) is 44.9 Å². The molecule has 0 aromatic heterocycles. The molecule has 0 aliphatic carbocycles. The van der Waals surface area contributed by atoms with Gasteiger partial charge in [0.1, 0.15) is 4.75 Å². The maximum Gasteiger partial charge on any atom is 0.136 e. The van der Waals surface area contributed by atoms with E-state index < -0.39 is 11.4 Å². The van der Waals surface area contributed by atoms with Gasteiger partial charge in [0.05, 0.1) is 6.04 Å². The lowest BCUT2D eigenvalue weighted by molar-refractivity contribution is 0.531. The SMILES string of the molecule is Cc1c(Cl)cccc1C(C)N[S+]([O-])C(C)(C)C. The Balaban J connectivity index is 2.84. The lowest BCUT2D eigenvalue weighted by Gasteiger charge is -2.27. The Hall–Kier alpha value is -0.220. The summed E-state index contributed by atoms with van der Waals surface area (Å²) in [6.07, 6.45) is 0. The Kier molecular flexibility index (Phi) is 4.90. The van der Waals surface area contributed by atoms with Crippen molar-refractivity contribution in [3.63, 3.8) is 0 Å². The second-order valence-corrected chi connectivity index (χ2v) is 7.58. The summed E-state index contributed by atoms with van der Waals surface area (Å²) in [4.78, 5) is 0. The quantitative estimate of drug-likeness (QED) is 0.851. The van der Waals surface area contributed by atoms with E-state index in [1.165, 1.54) is 0 Å². The molecule has 0 bridgehead atoms. The molecule has 0 saturated heterocycles. The van der Waals surface area contributed by atoms with Crippen molar-refractivity contribution in [2.45, 2.75) is 45.4 Å². The predicted molar refractivity (Wildman–Crippen MR) is 75.6 cm³/mol. The summed E-state index contributed by atoms with van der Waals surface area (Å²) in [5.41, 5.74) is 2.13. The van der Waals surface area contributed by atoms with E-state index in [0.29, 0.717) is 0 Å². The highest BCUT2D eigenvalue weighted by molar-refractivity contribution is 7.90. The molecular weight excluding hydrogens is 254 g/mol. The minimum Gasteiger partial charge on any atom is -0.598 e. The monoisotopic (exact) mass is 273 g/mol. The Morgan fingerprint density at radius 1 is 1.35 bits per heavy atom. The van der Waals surface area contributed by atoms with Crippen LogP contribution in [0.15, 0.2) is 18.2 Å². The van der Waals surface area contributed by atoms with Gasteiger partial charge in [-0.1, -0.05) is 23.7 Å². The molecule has 0 aliphatic heterocycles. The van der Waals surface area contributed by atoms with Gasteiger partial charge in [-0.2, -0.15) is 0 Å². The van der Waals surface area contributed by atoms with E-state index in [1.807, 2.05) is 52.8 Å². The lowest BCUT2D eigenvalue weighted by Crippen LogP contribution is -2.40. The molecule has 2 unspecified atom stereocenters. The van der Waals surface area contributed by atoms with E-state index in [-0.39, 0.29) is 10.8 Å². The van der Waals surface area contributed by atoms with Gasteiger partial charge in [0, 0.05) is 16.4 Å². The van der Waals surface area contributed by atoms with Gasteiger partial charge < -0.3 is 4.55 Å². The first-order valence-electron chi connectivity index (χ1n) is 5.66. The van der Waals surface area contributed by atoms with Crippen LogP contribution in [0.2, 0.25) is 5.02 Å². The molecule has 0 amide bonds. The largest absolute Gasteiger partial charge is 0.598 e. The molecule has 1 rings (SSSR count). The van der Waals surface area contributed by atoms with Crippen molar-refractivity contribution in [1.29, 1.82) is 0 Å². The van der Waals surface area contributed by atoms with Gasteiger partial charge in [-0.05, 0) is 51.8 Å². The lowest BCUT2D eigenvalue weighted by atomic mass is 10.0. The molecule has 0 aliphatic rings. The van der Waals surface area contributed by atoms with Gasteiger partial charge in [-0.3, -0.25) is 0 Å². The van der Waals surface area contributed by atoms with Gasteiger partial charge >= 0.3 is 0 Å². The molecule has 1 aromatic carbocycles. The number of rotatable bonds is 3. The minimum atomic E-state index is -1.08. The fourth-order valence-electron chi connectivity index (χ4n) is 1.49. The molecule has 0 fully saturated rings. The molecule has 2 nitrogen and oxygen atoms in total. The molecule has 17 heavy (non-hydrogen) atoms. The first-order valence-corrected chi connectivity index (χ1v) is 7.19. The molecule has 0 spiro atoms. The summed E-state index contributed by atoms with van der Waals surface area (Å²) in [6.45, 7) is 9.84. The molecule has 96 valence electrons. The maximum atomic E-state index is 12.0. The van der Waals surface area contributed by atoms with Gasteiger partial charge in [-0.25, -0.2) is 0 Å². The molecular formula is C13H20ClNOS. The third-order valence-electron chi connectivity index (χ3n) is 2.62. The third-order valence-corrected chi connectivity index (χ3v) is 4.71. The average Bonchev–Trinajstić information content (AvgIpc) is 2.20. The molecule has 1 aromatic rings. The van der Waals surface area contributed by atoms with Crippen LogP contribution in [-0.4, -0.2) is 9.30 Å². The Morgan fingerprint density at radius 3 is 2.47 bits per heavy atom. The van der Waals surface area contributed by atoms with Crippen LogP contribution in [0, 0.1) is 6.92 Å². The van der Waals surface area contributed by atoms with Crippen molar-refractivity contribution >= 4 is 23.0 Å². The van der Waals surface area contributed by atoms with E-state index in [4.69, 9.17) is 11.6 Å². The fourth-order valence-corrected chi connectivity index (χ4v) is 2.48. The standard InChI is InChI=1S/C13H20ClNOS/c1-9-11(7-6-8-12(9)14)10(2)15-17(16)13(3,4)5/h6-8,10,15H,1-5H3. The van der Waals surface area contributed by atoms with Crippen LogP contribution in [0.3, 0.4) is 0 Å². The summed E-state index contributed by atoms with van der Waals surface area (Å²) >= 11 is 5.00. The van der Waals surface area contributed by atoms with Crippen molar-refractivity contribution in [3.8, 4) is 0 Å². The highest BCUT2D eigenvalue weighted by Crippen LogP contribution is 2.26. The Morgan fingerprint density at radius 2 is 1.94 bits per heavy atom. The molecule has 0 radical (unpaired) electrons. The number of hydrogen-bond acceptors (Lipinski definition) is 2. The zero-order valence-electron chi connectivity index (χ0n) is 11.0. The highest BCUT2D eigenvalue weighted by Gasteiger charge is 2.28. The van der Waals surface area contributed by atoms with Crippen molar-refractivity contribution < 1.29 is 4.55 Å². The van der Waals surface area contributed by atoms with Gasteiger partial charge in [0.15, 0.2) is 0 Å². The first kappa shape index (κ1) is 14.8. The second-order valence-electron chi connectivity index (χ2n) is 5.17. The van der Waals surface area contributed by atoms with E-state index in [9.17, 15) is 4.55 Å². The maximum absolute atomic E-state index is 12.0. The number of hydrogen-bond donors (Lipinski definition) is 1. The van der Waals surface area contributed by atoms with Gasteiger partial charge in [0.2, 0.25) is 0 Å². The molecule has 0 saturated carbocycles. The van der Waals surface area contributed by atoms with Crippen LogP contribution in [0.25, 0.3) is 0 Å².